The second-order valence-corrected chi connectivity index (χ2v) is 9.58. The van der Waals surface area contributed by atoms with Crippen molar-refractivity contribution in [2.24, 2.45) is 5.92 Å². The lowest BCUT2D eigenvalue weighted by atomic mass is 9.96. The van der Waals surface area contributed by atoms with E-state index in [-0.39, 0.29) is 17.9 Å². The molecule has 1 aromatic carbocycles. The third kappa shape index (κ3) is 4.62. The summed E-state index contributed by atoms with van der Waals surface area (Å²) in [6, 6.07) is 15.4. The lowest BCUT2D eigenvalue weighted by Crippen LogP contribution is -2.29. The first kappa shape index (κ1) is 24.4. The van der Waals surface area contributed by atoms with Gasteiger partial charge in [0.05, 0.1) is 36.7 Å². The predicted molar refractivity (Wildman–Crippen MR) is 138 cm³/mol. The molecule has 1 saturated heterocycles. The molecule has 5 rings (SSSR count). The molecule has 1 amide bonds. The number of furan rings is 1. The molecule has 0 spiro atoms. The smallest absolute Gasteiger partial charge is 0.296 e. The fraction of sp³-hybridized carbons (Fsp3) is 0.276. The number of aliphatic hydroxyl groups excluding tert-OH is 1. The summed E-state index contributed by atoms with van der Waals surface area (Å²) in [6.07, 6.45) is 4.18. The summed E-state index contributed by atoms with van der Waals surface area (Å²) in [7, 11) is 0. The van der Waals surface area contributed by atoms with Gasteiger partial charge in [-0.1, -0.05) is 32.0 Å². The average Bonchev–Trinajstić information content (AvgIpc) is 3.57. The van der Waals surface area contributed by atoms with Gasteiger partial charge < -0.3 is 19.2 Å². The highest BCUT2D eigenvalue weighted by Gasteiger charge is 2.47. The van der Waals surface area contributed by atoms with Gasteiger partial charge in [0.15, 0.2) is 5.76 Å². The molecule has 4 heterocycles. The average molecular weight is 500 g/mol. The van der Waals surface area contributed by atoms with E-state index in [0.29, 0.717) is 46.6 Å². The van der Waals surface area contributed by atoms with Crippen molar-refractivity contribution >= 4 is 23.1 Å². The van der Waals surface area contributed by atoms with Gasteiger partial charge in [-0.2, -0.15) is 0 Å². The number of pyridine rings is 1. The Balaban J connectivity index is 1.64. The molecule has 37 heavy (non-hydrogen) atoms. The van der Waals surface area contributed by atoms with Crippen LogP contribution in [0, 0.1) is 12.8 Å². The molecular formula is C29H29N3O5. The lowest BCUT2D eigenvalue weighted by Gasteiger charge is -2.25. The van der Waals surface area contributed by atoms with Crippen LogP contribution in [0.15, 0.2) is 77.0 Å². The van der Waals surface area contributed by atoms with Crippen molar-refractivity contribution in [1.29, 1.82) is 0 Å². The molecule has 1 unspecified atom stereocenters. The van der Waals surface area contributed by atoms with Crippen LogP contribution in [-0.2, 0) is 16.1 Å². The topological polar surface area (TPSA) is 97.3 Å². The van der Waals surface area contributed by atoms with Gasteiger partial charge >= 0.3 is 0 Å². The second kappa shape index (κ2) is 9.97. The standard InChI is InChI=1S/C29H29N3O5/c1-18(2)12-15-37-21-9-6-8-20(16-21)26-24(28(34)29(35)32(26)17-22-10-7-14-36-22)27(33)25-19(3)30-23-11-4-5-13-31(23)25/h4-11,13-14,16,18,26,33H,12,15,17H2,1-3H3. The summed E-state index contributed by atoms with van der Waals surface area (Å²) in [5.41, 5.74) is 2.21. The van der Waals surface area contributed by atoms with Gasteiger partial charge in [-0.25, -0.2) is 4.98 Å². The van der Waals surface area contributed by atoms with E-state index in [1.54, 1.807) is 29.7 Å². The maximum atomic E-state index is 13.4. The number of imidazole rings is 1. The Labute approximate surface area is 214 Å². The van der Waals surface area contributed by atoms with E-state index < -0.39 is 17.7 Å². The zero-order valence-electron chi connectivity index (χ0n) is 21.0. The number of amides is 1. The highest BCUT2D eigenvalue weighted by atomic mass is 16.5. The second-order valence-electron chi connectivity index (χ2n) is 9.58. The van der Waals surface area contributed by atoms with Crippen LogP contribution < -0.4 is 4.74 Å². The number of hydrogen-bond donors (Lipinski definition) is 1. The van der Waals surface area contributed by atoms with Gasteiger partial charge in [0.25, 0.3) is 11.7 Å². The minimum Gasteiger partial charge on any atom is -0.505 e. The monoisotopic (exact) mass is 499 g/mol. The first-order valence-electron chi connectivity index (χ1n) is 12.3. The molecular weight excluding hydrogens is 470 g/mol. The van der Waals surface area contributed by atoms with Crippen LogP contribution >= 0.6 is 0 Å². The minimum absolute atomic E-state index is 0.00430. The summed E-state index contributed by atoms with van der Waals surface area (Å²) in [5, 5.41) is 11.6. The Morgan fingerprint density at radius 3 is 2.73 bits per heavy atom. The lowest BCUT2D eigenvalue weighted by molar-refractivity contribution is -0.140. The van der Waals surface area contributed by atoms with Crippen molar-refractivity contribution in [2.45, 2.75) is 39.8 Å². The maximum Gasteiger partial charge on any atom is 0.296 e. The summed E-state index contributed by atoms with van der Waals surface area (Å²) in [5.74, 6) is -0.0779. The van der Waals surface area contributed by atoms with E-state index in [1.807, 2.05) is 42.5 Å². The number of aliphatic hydroxyl groups is 1. The van der Waals surface area contributed by atoms with Gasteiger partial charge in [-0.3, -0.25) is 14.0 Å². The number of aromatic nitrogens is 2. The van der Waals surface area contributed by atoms with Gasteiger partial charge in [0, 0.05) is 6.20 Å². The van der Waals surface area contributed by atoms with Gasteiger partial charge in [-0.15, -0.1) is 0 Å². The van der Waals surface area contributed by atoms with E-state index in [9.17, 15) is 14.7 Å². The summed E-state index contributed by atoms with van der Waals surface area (Å²) in [6.45, 7) is 6.64. The van der Waals surface area contributed by atoms with E-state index in [0.717, 1.165) is 6.42 Å². The third-order valence-electron chi connectivity index (χ3n) is 6.51. The van der Waals surface area contributed by atoms with E-state index in [4.69, 9.17) is 9.15 Å². The van der Waals surface area contributed by atoms with Crippen LogP contribution in [-0.4, -0.2) is 37.7 Å². The normalized spacial score (nSPS) is 17.3. The maximum absolute atomic E-state index is 13.4. The molecule has 1 atom stereocenters. The number of ether oxygens (including phenoxy) is 1. The largest absolute Gasteiger partial charge is 0.505 e. The number of nitrogens with zero attached hydrogens (tertiary/aromatic N) is 3. The Morgan fingerprint density at radius 1 is 1.14 bits per heavy atom. The van der Waals surface area contributed by atoms with Crippen molar-refractivity contribution in [3.8, 4) is 5.75 Å². The molecule has 8 nitrogen and oxygen atoms in total. The third-order valence-corrected chi connectivity index (χ3v) is 6.51. The minimum atomic E-state index is -0.840. The first-order valence-corrected chi connectivity index (χ1v) is 12.3. The Hall–Kier alpha value is -4.33. The highest BCUT2D eigenvalue weighted by molar-refractivity contribution is 6.46. The zero-order chi connectivity index (χ0) is 26.1. The number of carbonyl (C=O) groups excluding carboxylic acids is 2. The number of hydrogen-bond acceptors (Lipinski definition) is 6. The fourth-order valence-corrected chi connectivity index (χ4v) is 4.67. The van der Waals surface area contributed by atoms with Crippen molar-refractivity contribution < 1.29 is 23.8 Å². The molecule has 3 aromatic heterocycles. The van der Waals surface area contributed by atoms with Crippen molar-refractivity contribution in [1.82, 2.24) is 14.3 Å². The summed E-state index contributed by atoms with van der Waals surface area (Å²) < 4.78 is 13.2. The predicted octanol–water partition coefficient (Wildman–Crippen LogP) is 5.28. The number of rotatable bonds is 8. The van der Waals surface area contributed by atoms with E-state index in [1.165, 1.54) is 11.2 Å². The van der Waals surface area contributed by atoms with Gasteiger partial charge in [-0.05, 0) is 61.2 Å². The quantitative estimate of drug-likeness (QED) is 0.201. The number of fused-ring (bicyclic) bond motifs is 1. The van der Waals surface area contributed by atoms with Crippen LogP contribution in [0.2, 0.25) is 0 Å². The molecule has 0 saturated carbocycles. The number of ketones is 1. The number of benzene rings is 1. The van der Waals surface area contributed by atoms with E-state index in [2.05, 4.69) is 18.8 Å². The van der Waals surface area contributed by atoms with Gasteiger partial charge in [0.2, 0.25) is 0 Å². The van der Waals surface area contributed by atoms with Crippen molar-refractivity contribution in [3.05, 3.63) is 95.3 Å². The molecule has 1 fully saturated rings. The Morgan fingerprint density at radius 2 is 1.97 bits per heavy atom. The molecule has 8 heteroatoms. The van der Waals surface area contributed by atoms with Crippen LogP contribution in [0.3, 0.4) is 0 Å². The molecule has 0 bridgehead atoms. The fourth-order valence-electron chi connectivity index (χ4n) is 4.67. The molecule has 0 radical (unpaired) electrons. The van der Waals surface area contributed by atoms with Crippen LogP contribution in [0.1, 0.15) is 49.0 Å². The van der Waals surface area contributed by atoms with Crippen LogP contribution in [0.5, 0.6) is 5.75 Å². The number of carbonyl (C=O) groups is 2. The van der Waals surface area contributed by atoms with Crippen molar-refractivity contribution in [2.75, 3.05) is 6.61 Å². The van der Waals surface area contributed by atoms with Crippen LogP contribution in [0.4, 0.5) is 0 Å². The number of aryl methyl sites for hydroxylation is 1. The van der Waals surface area contributed by atoms with Gasteiger partial charge in [0.1, 0.15) is 22.9 Å². The molecule has 1 aliphatic rings. The molecule has 1 N–H and O–H groups in total. The first-order chi connectivity index (χ1) is 17.8. The van der Waals surface area contributed by atoms with Crippen LogP contribution in [0.25, 0.3) is 11.4 Å². The Bertz CT molecular complexity index is 1480. The van der Waals surface area contributed by atoms with E-state index >= 15 is 0 Å². The number of likely N-dealkylation sites (tertiary alicyclic amines) is 1. The molecule has 1 aliphatic heterocycles. The molecule has 190 valence electrons. The Kier molecular flexibility index (Phi) is 6.56. The van der Waals surface area contributed by atoms with Crippen molar-refractivity contribution in [3.63, 3.8) is 0 Å². The zero-order valence-corrected chi connectivity index (χ0v) is 21.0. The molecule has 0 aliphatic carbocycles. The summed E-state index contributed by atoms with van der Waals surface area (Å²) in [4.78, 5) is 32.7. The number of Topliss-reactive ketones (excluding diaryl/α,β-unsaturated/α-hetero) is 1. The molecule has 4 aromatic rings. The highest BCUT2D eigenvalue weighted by Crippen LogP contribution is 2.41. The summed E-state index contributed by atoms with van der Waals surface area (Å²) >= 11 is 0. The SMILES string of the molecule is Cc1nc2ccccn2c1C(O)=C1C(=O)C(=O)N(Cc2ccco2)C1c1cccc(OCCC(C)C)c1.